The van der Waals surface area contributed by atoms with Gasteiger partial charge in [0.1, 0.15) is 5.82 Å². The average Bonchev–Trinajstić information content (AvgIpc) is 3.35. The number of anilines is 1. The van der Waals surface area contributed by atoms with E-state index < -0.39 is 0 Å². The van der Waals surface area contributed by atoms with Crippen LogP contribution in [0.2, 0.25) is 0 Å². The Bertz CT molecular complexity index is 1060. The number of amides is 1. The van der Waals surface area contributed by atoms with Crippen LogP contribution in [-0.4, -0.2) is 59.1 Å². The zero-order valence-corrected chi connectivity index (χ0v) is 18.8. The Morgan fingerprint density at radius 3 is 2.71 bits per heavy atom. The fourth-order valence-electron chi connectivity index (χ4n) is 4.76. The molecule has 0 bridgehead atoms. The molecule has 1 aromatic heterocycles. The van der Waals surface area contributed by atoms with Crippen LogP contribution in [-0.2, 0) is 11.8 Å². The number of hydrogen-bond donors (Lipinski definition) is 1. The van der Waals surface area contributed by atoms with E-state index in [1.54, 1.807) is 0 Å². The van der Waals surface area contributed by atoms with Crippen molar-refractivity contribution in [3.05, 3.63) is 48.5 Å². The summed E-state index contributed by atoms with van der Waals surface area (Å²) in [6.45, 7) is 4.43. The zero-order chi connectivity index (χ0) is 20.5. The number of fused-ring (bicyclic) bond motifs is 1. The SMILES string of the molecule is Cl.Cn1c(-c2cccc(N3CCCN(C(=O)[C@H]4CCCN4)CC3)c2)nc2ccccc21. The van der Waals surface area contributed by atoms with Gasteiger partial charge in [0.2, 0.25) is 5.91 Å². The first kappa shape index (κ1) is 21.7. The van der Waals surface area contributed by atoms with Gasteiger partial charge >= 0.3 is 0 Å². The molecule has 1 atom stereocenters. The maximum Gasteiger partial charge on any atom is 0.239 e. The highest BCUT2D eigenvalue weighted by molar-refractivity contribution is 5.85. The molecule has 0 spiro atoms. The second-order valence-electron chi connectivity index (χ2n) is 8.35. The summed E-state index contributed by atoms with van der Waals surface area (Å²) in [5.74, 6) is 1.26. The maximum absolute atomic E-state index is 12.8. The highest BCUT2D eigenvalue weighted by Crippen LogP contribution is 2.27. The molecule has 3 heterocycles. The predicted octanol–water partition coefficient (Wildman–Crippen LogP) is 3.45. The van der Waals surface area contributed by atoms with E-state index in [1.807, 2.05) is 6.07 Å². The van der Waals surface area contributed by atoms with Crippen LogP contribution in [0.15, 0.2) is 48.5 Å². The minimum Gasteiger partial charge on any atom is -0.370 e. The van der Waals surface area contributed by atoms with Crippen molar-refractivity contribution >= 4 is 35.0 Å². The van der Waals surface area contributed by atoms with E-state index in [2.05, 4.69) is 69.2 Å². The molecular formula is C24H30ClN5O. The first-order valence-corrected chi connectivity index (χ1v) is 11.0. The van der Waals surface area contributed by atoms with Crippen LogP contribution in [0.1, 0.15) is 19.3 Å². The summed E-state index contributed by atoms with van der Waals surface area (Å²) in [5.41, 5.74) is 4.48. The minimum absolute atomic E-state index is 0. The van der Waals surface area contributed by atoms with Gasteiger partial charge in [-0.1, -0.05) is 24.3 Å². The lowest BCUT2D eigenvalue weighted by atomic mass is 10.1. The first-order valence-electron chi connectivity index (χ1n) is 11.0. The Morgan fingerprint density at radius 1 is 1.03 bits per heavy atom. The van der Waals surface area contributed by atoms with Gasteiger partial charge in [-0.3, -0.25) is 4.79 Å². The number of nitrogens with one attached hydrogen (secondary N) is 1. The van der Waals surface area contributed by atoms with Crippen molar-refractivity contribution in [3.8, 4) is 11.4 Å². The third kappa shape index (κ3) is 4.27. The van der Waals surface area contributed by atoms with Crippen LogP contribution >= 0.6 is 12.4 Å². The average molecular weight is 440 g/mol. The molecule has 7 heteroatoms. The lowest BCUT2D eigenvalue weighted by molar-refractivity contribution is -0.132. The van der Waals surface area contributed by atoms with Gasteiger partial charge in [0.05, 0.1) is 17.1 Å². The lowest BCUT2D eigenvalue weighted by Crippen LogP contribution is -2.45. The molecule has 1 amide bonds. The molecule has 2 saturated heterocycles. The van der Waals surface area contributed by atoms with Crippen LogP contribution in [0.5, 0.6) is 0 Å². The van der Waals surface area contributed by atoms with Crippen LogP contribution < -0.4 is 10.2 Å². The Kier molecular flexibility index (Phi) is 6.49. The number of para-hydroxylation sites is 2. The van der Waals surface area contributed by atoms with E-state index in [9.17, 15) is 4.79 Å². The van der Waals surface area contributed by atoms with Gasteiger partial charge in [-0.2, -0.15) is 0 Å². The second kappa shape index (κ2) is 9.28. The Balaban J connectivity index is 0.00000231. The van der Waals surface area contributed by atoms with E-state index in [0.29, 0.717) is 0 Å². The molecule has 31 heavy (non-hydrogen) atoms. The lowest BCUT2D eigenvalue weighted by Gasteiger charge is -2.25. The summed E-state index contributed by atoms with van der Waals surface area (Å²) in [5, 5.41) is 3.34. The largest absolute Gasteiger partial charge is 0.370 e. The standard InChI is InChI=1S/C24H29N5O.ClH/c1-27-22-11-3-2-9-20(22)26-23(27)18-7-4-8-19(17-18)28-13-6-14-29(16-15-28)24(30)21-10-5-12-25-21;/h2-4,7-9,11,17,21,25H,5-6,10,12-16H2,1H3;1H/t21-;/m1./s1. The van der Waals surface area contributed by atoms with E-state index in [1.165, 1.54) is 5.69 Å². The second-order valence-corrected chi connectivity index (χ2v) is 8.35. The topological polar surface area (TPSA) is 53.4 Å². The molecule has 5 rings (SSSR count). The molecule has 164 valence electrons. The number of carbonyl (C=O) groups is 1. The van der Waals surface area contributed by atoms with Gasteiger partial charge in [-0.15, -0.1) is 12.4 Å². The quantitative estimate of drug-likeness (QED) is 0.679. The van der Waals surface area contributed by atoms with Gasteiger partial charge < -0.3 is 19.7 Å². The normalized spacial score (nSPS) is 19.3. The summed E-state index contributed by atoms with van der Waals surface area (Å²) in [6, 6.07) is 16.9. The van der Waals surface area contributed by atoms with Crippen molar-refractivity contribution in [1.29, 1.82) is 0 Å². The highest BCUT2D eigenvalue weighted by atomic mass is 35.5. The number of aryl methyl sites for hydroxylation is 1. The Morgan fingerprint density at radius 2 is 1.90 bits per heavy atom. The summed E-state index contributed by atoms with van der Waals surface area (Å²) in [4.78, 5) is 22.1. The van der Waals surface area contributed by atoms with Crippen LogP contribution in [0.4, 0.5) is 5.69 Å². The number of carbonyl (C=O) groups excluding carboxylic acids is 1. The number of benzene rings is 2. The van der Waals surface area contributed by atoms with Crippen LogP contribution in [0.25, 0.3) is 22.4 Å². The summed E-state index contributed by atoms with van der Waals surface area (Å²) in [6.07, 6.45) is 3.07. The Hall–Kier alpha value is -2.57. The Labute approximate surface area is 189 Å². The summed E-state index contributed by atoms with van der Waals surface area (Å²) < 4.78 is 2.16. The number of aromatic nitrogens is 2. The summed E-state index contributed by atoms with van der Waals surface area (Å²) in [7, 11) is 2.07. The molecule has 3 aromatic rings. The molecule has 2 fully saturated rings. The fraction of sp³-hybridized carbons (Fsp3) is 0.417. The number of imidazole rings is 1. The van der Waals surface area contributed by atoms with Crippen molar-refractivity contribution in [2.45, 2.75) is 25.3 Å². The number of nitrogens with zero attached hydrogens (tertiary/aromatic N) is 4. The van der Waals surface area contributed by atoms with Gasteiger partial charge in [0.15, 0.2) is 0 Å². The molecule has 0 aliphatic carbocycles. The van der Waals surface area contributed by atoms with Crippen LogP contribution in [0.3, 0.4) is 0 Å². The fourth-order valence-corrected chi connectivity index (χ4v) is 4.76. The molecule has 2 aliphatic heterocycles. The molecule has 2 aromatic carbocycles. The molecular weight excluding hydrogens is 410 g/mol. The number of rotatable bonds is 3. The summed E-state index contributed by atoms with van der Waals surface area (Å²) >= 11 is 0. The van der Waals surface area contributed by atoms with E-state index >= 15 is 0 Å². The molecule has 1 N–H and O–H groups in total. The number of halogens is 1. The molecule has 0 unspecified atom stereocenters. The van der Waals surface area contributed by atoms with Crippen molar-refractivity contribution in [2.75, 3.05) is 37.6 Å². The van der Waals surface area contributed by atoms with Gasteiger partial charge in [0, 0.05) is 44.5 Å². The highest BCUT2D eigenvalue weighted by Gasteiger charge is 2.28. The number of hydrogen-bond acceptors (Lipinski definition) is 4. The van der Waals surface area contributed by atoms with Gasteiger partial charge in [0.25, 0.3) is 0 Å². The van der Waals surface area contributed by atoms with Crippen molar-refractivity contribution < 1.29 is 4.79 Å². The smallest absolute Gasteiger partial charge is 0.239 e. The maximum atomic E-state index is 12.8. The van der Waals surface area contributed by atoms with E-state index in [-0.39, 0.29) is 24.4 Å². The van der Waals surface area contributed by atoms with Crippen molar-refractivity contribution in [3.63, 3.8) is 0 Å². The van der Waals surface area contributed by atoms with Crippen molar-refractivity contribution in [1.82, 2.24) is 19.8 Å². The first-order chi connectivity index (χ1) is 14.7. The van der Waals surface area contributed by atoms with Gasteiger partial charge in [-0.25, -0.2) is 4.98 Å². The van der Waals surface area contributed by atoms with Crippen LogP contribution in [0, 0.1) is 0 Å². The third-order valence-corrected chi connectivity index (χ3v) is 6.42. The molecule has 2 aliphatic rings. The predicted molar refractivity (Wildman–Crippen MR) is 128 cm³/mol. The molecule has 0 radical (unpaired) electrons. The van der Waals surface area contributed by atoms with E-state index in [4.69, 9.17) is 4.98 Å². The third-order valence-electron chi connectivity index (χ3n) is 6.42. The molecule has 6 nitrogen and oxygen atoms in total. The van der Waals surface area contributed by atoms with Gasteiger partial charge in [-0.05, 0) is 50.1 Å². The minimum atomic E-state index is 0. The monoisotopic (exact) mass is 439 g/mol. The molecule has 0 saturated carbocycles. The zero-order valence-electron chi connectivity index (χ0n) is 18.0. The van der Waals surface area contributed by atoms with Crippen molar-refractivity contribution in [2.24, 2.45) is 7.05 Å². The van der Waals surface area contributed by atoms with E-state index in [0.717, 1.165) is 74.4 Å².